The first-order chi connectivity index (χ1) is 30.6. The number of aliphatic hydroxyl groups is 4. The summed E-state index contributed by atoms with van der Waals surface area (Å²) in [5.74, 6) is 0.250. The van der Waals surface area contributed by atoms with Crippen LogP contribution in [0.4, 0.5) is 23.3 Å². The van der Waals surface area contributed by atoms with Gasteiger partial charge in [-0.05, 0) is 60.4 Å². The Bertz CT molecular complexity index is 2820. The van der Waals surface area contributed by atoms with Gasteiger partial charge in [-0.3, -0.25) is 19.1 Å². The number of aryl methyl sites for hydroxylation is 2. The number of benzene rings is 4. The minimum atomic E-state index is -4.95. The average molecular weight is 915 g/mol. The maximum Gasteiger partial charge on any atom is 0.295 e. The molecule has 20 nitrogen and oxygen atoms in total. The zero-order valence-corrected chi connectivity index (χ0v) is 36.2. The smallest absolute Gasteiger partial charge is 0.295 e. The summed E-state index contributed by atoms with van der Waals surface area (Å²) in [7, 11) is -9.91. The van der Waals surface area contributed by atoms with E-state index in [9.17, 15) is 46.4 Å². The van der Waals surface area contributed by atoms with Gasteiger partial charge in [-0.15, -0.1) is 0 Å². The predicted molar refractivity (Wildman–Crippen MR) is 238 cm³/mol. The average Bonchev–Trinajstić information content (AvgIpc) is 3.26. The minimum Gasteiger partial charge on any atom is -0.395 e. The van der Waals surface area contributed by atoms with Gasteiger partial charge in [0.15, 0.2) is 11.6 Å². The van der Waals surface area contributed by atoms with E-state index in [1.165, 1.54) is 36.4 Å². The zero-order valence-electron chi connectivity index (χ0n) is 34.6. The van der Waals surface area contributed by atoms with Gasteiger partial charge < -0.3 is 30.2 Å². The number of rotatable bonds is 18. The van der Waals surface area contributed by atoms with Gasteiger partial charge in [-0.2, -0.15) is 36.8 Å². The van der Waals surface area contributed by atoms with Gasteiger partial charge in [0.2, 0.25) is 23.1 Å². The Kier molecular flexibility index (Phi) is 15.3. The fourth-order valence-electron chi connectivity index (χ4n) is 6.41. The van der Waals surface area contributed by atoms with Crippen molar-refractivity contribution in [1.82, 2.24) is 29.9 Å². The number of hydrogen-bond donors (Lipinski definition) is 8. The molecule has 336 valence electrons. The lowest BCUT2D eigenvalue weighted by atomic mass is 10.1. The molecule has 8 N–H and O–H groups in total. The number of hydrogen-bond acceptors (Lipinski definition) is 16. The second-order valence-corrected chi connectivity index (χ2v) is 16.9. The first-order valence-corrected chi connectivity index (χ1v) is 22.5. The van der Waals surface area contributed by atoms with Crippen LogP contribution in [0.5, 0.6) is 0 Å². The lowest BCUT2D eigenvalue weighted by Crippen LogP contribution is -2.33. The molecule has 0 aliphatic carbocycles. The van der Waals surface area contributed by atoms with E-state index in [1.807, 2.05) is 38.1 Å². The maximum atomic E-state index is 12.9. The van der Waals surface area contributed by atoms with Gasteiger partial charge in [0.25, 0.3) is 20.2 Å². The van der Waals surface area contributed by atoms with Crippen molar-refractivity contribution in [2.75, 3.05) is 62.4 Å². The molecular formula is C42H46N10O10S2. The summed E-state index contributed by atoms with van der Waals surface area (Å²) in [5.41, 5.74) is 3.03. The first-order valence-electron chi connectivity index (χ1n) is 19.6. The second kappa shape index (κ2) is 20.8. The monoisotopic (exact) mass is 914 g/mol. The Morgan fingerprint density at radius 3 is 1.23 bits per heavy atom. The molecule has 22 heteroatoms. The molecule has 0 saturated heterocycles. The van der Waals surface area contributed by atoms with Crippen LogP contribution in [0.2, 0.25) is 0 Å². The molecule has 0 radical (unpaired) electrons. The first kappa shape index (κ1) is 47.0. The number of H-pyrrole nitrogens is 2. The van der Waals surface area contributed by atoms with E-state index in [0.717, 1.165) is 23.3 Å². The molecule has 6 aromatic rings. The number of nitrogens with zero attached hydrogens (tertiary/aromatic N) is 8. The topological polar surface area (TPSA) is 304 Å². The lowest BCUT2D eigenvalue weighted by molar-refractivity contribution is 0.279. The quantitative estimate of drug-likeness (QED) is 0.0454. The molecule has 2 heterocycles. The van der Waals surface area contributed by atoms with E-state index in [4.69, 9.17) is 0 Å². The number of aliphatic hydroxyl groups excluding tert-OH is 4. The predicted octanol–water partition coefficient (Wildman–Crippen LogP) is 2.58. The molecule has 0 aliphatic rings. The Balaban J connectivity index is 1.45. The summed E-state index contributed by atoms with van der Waals surface area (Å²) >= 11 is 0. The molecule has 0 amide bonds. The van der Waals surface area contributed by atoms with Crippen molar-refractivity contribution in [1.29, 1.82) is 0 Å². The van der Waals surface area contributed by atoms with Gasteiger partial charge in [-0.25, -0.2) is 9.98 Å². The van der Waals surface area contributed by atoms with Crippen molar-refractivity contribution in [2.24, 2.45) is 9.98 Å². The van der Waals surface area contributed by atoms with Gasteiger partial charge in [0.05, 0.1) is 37.8 Å². The molecule has 0 aliphatic heterocycles. The van der Waals surface area contributed by atoms with Crippen molar-refractivity contribution < 1.29 is 46.4 Å². The SMILES string of the molecule is Cc1ccccc1N=c1nc(-c2ccc(/C=C/c3ccc(-c4nc(N(CCO)CCO)[nH]c(=Nc5ccccc5C)n4)cc3S(=O)(=O)O)c(S(=O)(=O)O)c2)nc(N(CCO)CCO)[nH]1. The number of aromatic amines is 2. The minimum absolute atomic E-state index is 0.0266. The lowest BCUT2D eigenvalue weighted by Gasteiger charge is -2.21. The van der Waals surface area contributed by atoms with Gasteiger partial charge in [0, 0.05) is 37.3 Å². The highest BCUT2D eigenvalue weighted by Gasteiger charge is 2.21. The largest absolute Gasteiger partial charge is 0.395 e. The van der Waals surface area contributed by atoms with E-state index < -0.39 is 30.0 Å². The summed E-state index contributed by atoms with van der Waals surface area (Å²) in [6.07, 6.45) is 2.47. The Labute approximate surface area is 367 Å². The normalized spacial score (nSPS) is 12.6. The van der Waals surface area contributed by atoms with E-state index >= 15 is 0 Å². The third kappa shape index (κ3) is 11.7. The van der Waals surface area contributed by atoms with Crippen molar-refractivity contribution in [3.8, 4) is 22.8 Å². The molecule has 2 aromatic heterocycles. The van der Waals surface area contributed by atoms with Crippen molar-refractivity contribution in [2.45, 2.75) is 23.6 Å². The summed E-state index contributed by atoms with van der Waals surface area (Å²) in [6, 6.07) is 22.4. The van der Waals surface area contributed by atoms with E-state index in [2.05, 4.69) is 39.9 Å². The van der Waals surface area contributed by atoms with Gasteiger partial charge in [0.1, 0.15) is 9.79 Å². The van der Waals surface area contributed by atoms with Crippen LogP contribution in [-0.2, 0) is 20.2 Å². The molecule has 0 bridgehead atoms. The zero-order chi connectivity index (χ0) is 46.0. The number of anilines is 2. The number of nitrogens with one attached hydrogen (secondary N) is 2. The molecule has 0 fully saturated rings. The van der Waals surface area contributed by atoms with E-state index in [0.29, 0.717) is 11.4 Å². The fraction of sp³-hybridized carbons (Fsp3) is 0.238. The second-order valence-electron chi connectivity index (χ2n) is 14.1. The van der Waals surface area contributed by atoms with Crippen LogP contribution in [0.1, 0.15) is 22.3 Å². The standard InChI is InChI=1S/C42H46N10O10S2/c1-27-7-3-5-9-33(27)43-39-45-37(47-41(49-39)51(17-21-53)18-22-54)31-15-13-29(35(25-31)63(57,58)59)11-12-30-14-16-32(26-36(30)64(60,61)62)38-46-40(44-34-10-6-4-8-28(34)2)50-42(48-38)52(19-23-55)20-24-56/h3-16,25-26,53-56H,17-24H2,1-2H3,(H,57,58,59)(H,60,61,62)(H,43,45,47,49)(H,44,46,48,50)/b12-11+. The van der Waals surface area contributed by atoms with E-state index in [1.54, 1.807) is 34.1 Å². The van der Waals surface area contributed by atoms with Crippen LogP contribution in [0.25, 0.3) is 34.9 Å². The van der Waals surface area contributed by atoms with Crippen LogP contribution in [-0.4, -0.2) is 129 Å². The van der Waals surface area contributed by atoms with Crippen molar-refractivity contribution in [3.63, 3.8) is 0 Å². The van der Waals surface area contributed by atoms with E-state index in [-0.39, 0.29) is 110 Å². The van der Waals surface area contributed by atoms with Crippen molar-refractivity contribution in [3.05, 3.63) is 118 Å². The van der Waals surface area contributed by atoms with Crippen LogP contribution in [0.3, 0.4) is 0 Å². The fourth-order valence-corrected chi connectivity index (χ4v) is 7.83. The molecule has 6 rings (SSSR count). The highest BCUT2D eigenvalue weighted by atomic mass is 32.2. The summed E-state index contributed by atoms with van der Waals surface area (Å²) in [4.78, 5) is 35.2. The molecule has 0 spiro atoms. The van der Waals surface area contributed by atoms with Crippen LogP contribution >= 0.6 is 0 Å². The molecule has 64 heavy (non-hydrogen) atoms. The van der Waals surface area contributed by atoms with Gasteiger partial charge >= 0.3 is 0 Å². The summed E-state index contributed by atoms with van der Waals surface area (Å²) in [5, 5.41) is 38.9. The number of aromatic nitrogens is 6. The maximum absolute atomic E-state index is 12.9. The van der Waals surface area contributed by atoms with Crippen LogP contribution in [0, 0.1) is 13.8 Å². The molecule has 0 atom stereocenters. The van der Waals surface area contributed by atoms with Crippen LogP contribution in [0.15, 0.2) is 105 Å². The summed E-state index contributed by atoms with van der Waals surface area (Å²) < 4.78 is 72.4. The third-order valence-electron chi connectivity index (χ3n) is 9.60. The highest BCUT2D eigenvalue weighted by molar-refractivity contribution is 7.86. The van der Waals surface area contributed by atoms with Crippen molar-refractivity contribution >= 4 is 55.7 Å². The number of para-hydroxylation sites is 2. The third-order valence-corrected chi connectivity index (χ3v) is 11.4. The molecule has 4 aromatic carbocycles. The summed E-state index contributed by atoms with van der Waals surface area (Å²) in [6.45, 7) is 2.85. The van der Waals surface area contributed by atoms with Gasteiger partial charge in [-0.1, -0.05) is 72.8 Å². The Morgan fingerprint density at radius 1 is 0.547 bits per heavy atom. The molecule has 0 unspecified atom stereocenters. The highest BCUT2D eigenvalue weighted by Crippen LogP contribution is 2.29. The Hall–Kier alpha value is -6.50. The molecule has 0 saturated carbocycles. The Morgan fingerprint density at radius 2 is 0.906 bits per heavy atom. The van der Waals surface area contributed by atoms with Crippen LogP contribution < -0.4 is 21.0 Å². The molecular weight excluding hydrogens is 869 g/mol.